The van der Waals surface area contributed by atoms with Gasteiger partial charge in [-0.25, -0.2) is 4.79 Å². The van der Waals surface area contributed by atoms with Crippen LogP contribution in [0.15, 0.2) is 36.0 Å². The van der Waals surface area contributed by atoms with Gasteiger partial charge in [-0.05, 0) is 59.0 Å². The van der Waals surface area contributed by atoms with E-state index < -0.39 is 35.8 Å². The summed E-state index contributed by atoms with van der Waals surface area (Å²) in [6.45, 7) is 10.8. The number of rotatable bonds is 10. The first-order valence-corrected chi connectivity index (χ1v) is 15.9. The van der Waals surface area contributed by atoms with E-state index in [4.69, 9.17) is 28.4 Å². The van der Waals surface area contributed by atoms with E-state index in [-0.39, 0.29) is 48.5 Å². The molecule has 0 bridgehead atoms. The average molecular weight is 635 g/mol. The summed E-state index contributed by atoms with van der Waals surface area (Å²) < 4.78 is 33.7. The van der Waals surface area contributed by atoms with Gasteiger partial charge in [0, 0.05) is 32.7 Å². The van der Waals surface area contributed by atoms with E-state index in [2.05, 4.69) is 18.3 Å². The molecule has 4 heterocycles. The van der Waals surface area contributed by atoms with Crippen LogP contribution in [0.1, 0.15) is 60.3 Å². The van der Waals surface area contributed by atoms with Gasteiger partial charge >= 0.3 is 12.1 Å². The lowest BCUT2D eigenvalue weighted by atomic mass is 9.87. The van der Waals surface area contributed by atoms with Crippen LogP contribution in [0, 0.1) is 11.8 Å². The Hall–Kier alpha value is -2.77. The molecule has 4 fully saturated rings. The maximum atomic E-state index is 12.7. The number of aliphatic hydroxyl groups is 1. The van der Waals surface area contributed by atoms with E-state index in [0.29, 0.717) is 32.4 Å². The highest BCUT2D eigenvalue weighted by Crippen LogP contribution is 2.46. The van der Waals surface area contributed by atoms with Gasteiger partial charge < -0.3 is 43.7 Å². The third-order valence-corrected chi connectivity index (χ3v) is 9.35. The molecule has 2 unspecified atom stereocenters. The molecule has 0 aliphatic carbocycles. The first-order valence-electron chi connectivity index (χ1n) is 15.9. The summed E-state index contributed by atoms with van der Waals surface area (Å²) >= 11 is 0. The maximum absolute atomic E-state index is 12.7. The second-order valence-corrected chi connectivity index (χ2v) is 13.0. The van der Waals surface area contributed by atoms with Crippen molar-refractivity contribution in [2.24, 2.45) is 11.8 Å². The first-order chi connectivity index (χ1) is 21.3. The Labute approximate surface area is 266 Å². The number of aliphatic hydroxyl groups excluding tert-OH is 1. The smallest absolute Gasteiger partial charge is 0.410 e. The van der Waals surface area contributed by atoms with Crippen molar-refractivity contribution in [2.75, 3.05) is 33.9 Å². The van der Waals surface area contributed by atoms with E-state index in [1.54, 1.807) is 14.0 Å². The molecule has 1 spiro atoms. The van der Waals surface area contributed by atoms with Crippen molar-refractivity contribution in [2.45, 2.75) is 108 Å². The average Bonchev–Trinajstić information content (AvgIpc) is 3.58. The maximum Gasteiger partial charge on any atom is 0.410 e. The first kappa shape index (κ1) is 35.1. The Morgan fingerprint density at radius 1 is 1.20 bits per heavy atom. The fourth-order valence-electron chi connectivity index (χ4n) is 6.31. The number of allylic oxidation sites excluding steroid dienone is 2. The molecule has 45 heavy (non-hydrogen) atoms. The number of hydrogen-bond acceptors (Lipinski definition) is 10. The fraction of sp³-hybridized carbons (Fsp3) is 0.727. The number of nitrogens with zero attached hydrogens (tertiary/aromatic N) is 1. The fourth-order valence-corrected chi connectivity index (χ4v) is 6.31. The number of carbonyl (C=O) groups is 3. The molecule has 10 atom stereocenters. The van der Waals surface area contributed by atoms with Crippen molar-refractivity contribution in [3.8, 4) is 0 Å². The van der Waals surface area contributed by atoms with Crippen LogP contribution in [0.2, 0.25) is 0 Å². The third-order valence-electron chi connectivity index (χ3n) is 9.35. The molecular weight excluding hydrogens is 584 g/mol. The van der Waals surface area contributed by atoms with Gasteiger partial charge in [-0.2, -0.15) is 0 Å². The summed E-state index contributed by atoms with van der Waals surface area (Å²) in [6.07, 6.45) is 8.67. The van der Waals surface area contributed by atoms with Gasteiger partial charge in [0.1, 0.15) is 23.9 Å². The highest BCUT2D eigenvalue weighted by Gasteiger charge is 2.61. The Bertz CT molecular complexity index is 1170. The number of ether oxygens (including phenoxy) is 6. The lowest BCUT2D eigenvalue weighted by Crippen LogP contribution is -2.55. The van der Waals surface area contributed by atoms with Crippen molar-refractivity contribution in [3.05, 3.63) is 36.0 Å². The van der Waals surface area contributed by atoms with Crippen molar-refractivity contribution >= 4 is 18.0 Å². The molecule has 12 nitrogen and oxygen atoms in total. The minimum Gasteiger partial charge on any atom is -0.469 e. The lowest BCUT2D eigenvalue weighted by Gasteiger charge is -2.42. The van der Waals surface area contributed by atoms with Crippen LogP contribution in [0.25, 0.3) is 0 Å². The van der Waals surface area contributed by atoms with Crippen molar-refractivity contribution in [3.63, 3.8) is 0 Å². The van der Waals surface area contributed by atoms with E-state index >= 15 is 0 Å². The van der Waals surface area contributed by atoms with Gasteiger partial charge in [-0.1, -0.05) is 30.7 Å². The van der Waals surface area contributed by atoms with Gasteiger partial charge in [0.2, 0.25) is 5.91 Å². The summed E-state index contributed by atoms with van der Waals surface area (Å²) in [7, 11) is 2.93. The van der Waals surface area contributed by atoms with Gasteiger partial charge in [-0.15, -0.1) is 0 Å². The van der Waals surface area contributed by atoms with Gasteiger partial charge in [0.05, 0.1) is 37.9 Å². The van der Waals surface area contributed by atoms with Crippen molar-refractivity contribution < 1.29 is 47.9 Å². The summed E-state index contributed by atoms with van der Waals surface area (Å²) in [4.78, 5) is 38.3. The molecule has 0 aromatic heterocycles. The monoisotopic (exact) mass is 634 g/mol. The van der Waals surface area contributed by atoms with Gasteiger partial charge in [0.15, 0.2) is 5.79 Å². The Kier molecular flexibility index (Phi) is 11.5. The zero-order valence-electron chi connectivity index (χ0n) is 27.5. The summed E-state index contributed by atoms with van der Waals surface area (Å²) in [5.74, 6) is -1.57. The number of amides is 2. The predicted molar refractivity (Wildman–Crippen MR) is 164 cm³/mol. The minimum atomic E-state index is -0.817. The number of methoxy groups -OCH3 is 2. The van der Waals surface area contributed by atoms with Crippen LogP contribution in [-0.2, 0) is 38.0 Å². The zero-order chi connectivity index (χ0) is 32.9. The summed E-state index contributed by atoms with van der Waals surface area (Å²) in [6, 6.07) is -0.159. The van der Waals surface area contributed by atoms with Gasteiger partial charge in [-0.3, -0.25) is 9.59 Å². The molecule has 0 aromatic carbocycles. The van der Waals surface area contributed by atoms with E-state index in [1.807, 2.05) is 32.9 Å². The number of likely N-dealkylation sites (tertiary alicyclic amines) is 1. The third kappa shape index (κ3) is 8.94. The minimum absolute atomic E-state index is 0.00715. The molecule has 0 aromatic rings. The highest BCUT2D eigenvalue weighted by molar-refractivity contribution is 5.87. The highest BCUT2D eigenvalue weighted by atomic mass is 16.7. The Morgan fingerprint density at radius 2 is 1.93 bits per heavy atom. The number of hydrogen-bond donors (Lipinski definition) is 2. The SMILES string of the molecule is COC(=O)C1CCN(C(=O)O[C@@H](C)/C=C\C(=O)N[C@@H]2C[C@H](C)[C@H](C/C=C(C)/C=C/C3O[C@](C)(OC)C[C@@]4(CO4)[C@@H]3O)O[C@@H]2C)C1. The largest absolute Gasteiger partial charge is 0.469 e. The van der Waals surface area contributed by atoms with Crippen LogP contribution in [0.5, 0.6) is 0 Å². The normalized spacial score (nSPS) is 37.6. The van der Waals surface area contributed by atoms with E-state index in [0.717, 1.165) is 12.0 Å². The molecule has 4 saturated heterocycles. The summed E-state index contributed by atoms with van der Waals surface area (Å²) in [5.41, 5.74) is 0.420. The molecule has 0 saturated carbocycles. The molecule has 2 N–H and O–H groups in total. The zero-order valence-corrected chi connectivity index (χ0v) is 27.5. The number of epoxide rings is 1. The lowest BCUT2D eigenvalue weighted by molar-refractivity contribution is -0.284. The molecule has 4 aliphatic rings. The van der Waals surface area contributed by atoms with Crippen molar-refractivity contribution in [1.29, 1.82) is 0 Å². The number of nitrogens with one attached hydrogen (secondary N) is 1. The molecule has 4 aliphatic heterocycles. The van der Waals surface area contributed by atoms with Crippen molar-refractivity contribution in [1.82, 2.24) is 10.2 Å². The Morgan fingerprint density at radius 3 is 2.60 bits per heavy atom. The Balaban J connectivity index is 1.20. The molecule has 2 amide bonds. The van der Waals surface area contributed by atoms with Crippen LogP contribution >= 0.6 is 0 Å². The molecule has 0 radical (unpaired) electrons. The standard InChI is InChI=1S/C33H50N2O10/c1-20(9-12-27-29(37)33(19-42-33)18-32(5,41-7)45-27)8-11-26-21(2)16-25(23(4)44-26)34-28(36)13-10-22(3)43-31(39)35-15-14-24(17-35)30(38)40-6/h8-10,12-13,21-27,29,37H,11,14-19H2,1-7H3,(H,34,36)/b12-9+,13-10-,20-8+/t21-,22-,23+,24?,25+,26-,27?,29+,32-,33+/m0/s1. The molecular formula is C33H50N2O10. The molecule has 252 valence electrons. The predicted octanol–water partition coefficient (Wildman–Crippen LogP) is 3.03. The van der Waals surface area contributed by atoms with Crippen LogP contribution in [0.3, 0.4) is 0 Å². The van der Waals surface area contributed by atoms with Crippen LogP contribution in [0.4, 0.5) is 4.79 Å². The quantitative estimate of drug-likeness (QED) is 0.159. The van der Waals surface area contributed by atoms with Gasteiger partial charge in [0.25, 0.3) is 0 Å². The number of esters is 1. The summed E-state index contributed by atoms with van der Waals surface area (Å²) in [5, 5.41) is 13.8. The second-order valence-electron chi connectivity index (χ2n) is 13.0. The second kappa shape index (κ2) is 14.8. The molecule has 12 heteroatoms. The molecule has 4 rings (SSSR count). The topological polar surface area (TPSA) is 145 Å². The van der Waals surface area contributed by atoms with E-state index in [9.17, 15) is 19.5 Å². The number of carbonyl (C=O) groups excluding carboxylic acids is 3. The van der Waals surface area contributed by atoms with Crippen LogP contribution in [-0.4, -0.2) is 110 Å². The van der Waals surface area contributed by atoms with E-state index in [1.165, 1.54) is 24.2 Å². The van der Waals surface area contributed by atoms with Crippen LogP contribution < -0.4 is 5.32 Å².